The van der Waals surface area contributed by atoms with Gasteiger partial charge >= 0.3 is 6.09 Å². The number of rotatable bonds is 4. The lowest BCUT2D eigenvalue weighted by Crippen LogP contribution is -2.43. The highest BCUT2D eigenvalue weighted by Crippen LogP contribution is 2.33. The quantitative estimate of drug-likeness (QED) is 0.841. The van der Waals surface area contributed by atoms with Crippen LogP contribution in [-0.2, 0) is 11.2 Å². The first-order valence-electron chi connectivity index (χ1n) is 9.98. The van der Waals surface area contributed by atoms with Crippen LogP contribution >= 0.6 is 0 Å². The lowest BCUT2D eigenvalue weighted by atomic mass is 10.0. The number of anilines is 1. The van der Waals surface area contributed by atoms with Crippen molar-refractivity contribution in [3.63, 3.8) is 0 Å². The number of amides is 2. The smallest absolute Gasteiger partial charge is 0.414 e. The van der Waals surface area contributed by atoms with E-state index in [-0.39, 0.29) is 36.0 Å². The number of benzene rings is 1. The number of hydrogen-bond acceptors (Lipinski definition) is 4. The summed E-state index contributed by atoms with van der Waals surface area (Å²) < 4.78 is 18.5. The summed E-state index contributed by atoms with van der Waals surface area (Å²) in [6.45, 7) is 3.86. The highest BCUT2D eigenvalue weighted by Gasteiger charge is 2.34. The van der Waals surface area contributed by atoms with E-state index in [1.54, 1.807) is 4.90 Å². The van der Waals surface area contributed by atoms with E-state index < -0.39 is 0 Å². The number of ether oxygens (including phenoxy) is 1. The molecule has 1 aromatic carbocycles. The van der Waals surface area contributed by atoms with E-state index >= 15 is 0 Å². The number of nitrogens with one attached hydrogen (secondary N) is 1. The van der Waals surface area contributed by atoms with Crippen LogP contribution in [0.5, 0.6) is 0 Å². The minimum atomic E-state index is -0.384. The molecule has 7 heteroatoms. The van der Waals surface area contributed by atoms with Crippen molar-refractivity contribution in [3.05, 3.63) is 59.2 Å². The first-order chi connectivity index (χ1) is 13.9. The number of aromatic nitrogens is 1. The van der Waals surface area contributed by atoms with Crippen LogP contribution in [-0.4, -0.2) is 29.1 Å². The van der Waals surface area contributed by atoms with E-state index in [2.05, 4.69) is 5.32 Å². The maximum Gasteiger partial charge on any atom is 0.414 e. The van der Waals surface area contributed by atoms with Gasteiger partial charge in [-0.2, -0.15) is 0 Å². The molecular formula is C22H24FN3O3. The summed E-state index contributed by atoms with van der Waals surface area (Å²) in [7, 11) is 0. The molecule has 1 aliphatic heterocycles. The summed E-state index contributed by atoms with van der Waals surface area (Å²) in [4.78, 5) is 31.4. The van der Waals surface area contributed by atoms with Gasteiger partial charge in [-0.1, -0.05) is 0 Å². The van der Waals surface area contributed by atoms with Crippen LogP contribution in [0, 0.1) is 5.82 Å². The second-order valence-electron chi connectivity index (χ2n) is 7.74. The summed E-state index contributed by atoms with van der Waals surface area (Å²) in [5.74, 6) is -0.676. The number of halogens is 1. The molecule has 2 atom stereocenters. The van der Waals surface area contributed by atoms with Crippen molar-refractivity contribution in [2.24, 2.45) is 0 Å². The number of fused-ring (bicyclic) bond motifs is 1. The first kappa shape index (κ1) is 19.4. The molecule has 29 heavy (non-hydrogen) atoms. The molecule has 0 radical (unpaired) electrons. The molecule has 2 amide bonds. The van der Waals surface area contributed by atoms with Crippen LogP contribution in [0.25, 0.3) is 0 Å². The second kappa shape index (κ2) is 7.81. The van der Waals surface area contributed by atoms with E-state index in [9.17, 15) is 14.0 Å². The Morgan fingerprint density at radius 3 is 2.59 bits per heavy atom. The number of aryl methyl sites for hydroxylation is 1. The van der Waals surface area contributed by atoms with Crippen LogP contribution in [0.15, 0.2) is 36.4 Å². The Hall–Kier alpha value is -2.96. The van der Waals surface area contributed by atoms with Crippen LogP contribution in [0.3, 0.4) is 0 Å². The summed E-state index contributed by atoms with van der Waals surface area (Å²) in [6.07, 6.45) is 3.17. The van der Waals surface area contributed by atoms with Crippen molar-refractivity contribution >= 4 is 17.7 Å². The summed E-state index contributed by atoms with van der Waals surface area (Å²) in [6, 6.07) is 8.83. The third-order valence-corrected chi connectivity index (χ3v) is 5.36. The largest absolute Gasteiger partial charge is 0.446 e. The Kier molecular flexibility index (Phi) is 5.22. The van der Waals surface area contributed by atoms with Crippen LogP contribution in [0.1, 0.15) is 60.9 Å². The van der Waals surface area contributed by atoms with Gasteiger partial charge in [-0.15, -0.1) is 0 Å². The predicted molar refractivity (Wildman–Crippen MR) is 106 cm³/mol. The number of nitrogens with zero attached hydrogens (tertiary/aromatic N) is 2. The summed E-state index contributed by atoms with van der Waals surface area (Å²) in [5, 5.41) is 2.89. The van der Waals surface area contributed by atoms with Gasteiger partial charge in [0.1, 0.15) is 11.9 Å². The Morgan fingerprint density at radius 2 is 1.90 bits per heavy atom. The van der Waals surface area contributed by atoms with Gasteiger partial charge in [0, 0.05) is 11.6 Å². The van der Waals surface area contributed by atoms with Gasteiger partial charge in [0.2, 0.25) is 0 Å². The molecule has 152 valence electrons. The average Bonchev–Trinajstić information content (AvgIpc) is 3.51. The molecular weight excluding hydrogens is 373 g/mol. The lowest BCUT2D eigenvalue weighted by molar-refractivity contribution is 0.0939. The van der Waals surface area contributed by atoms with Crippen molar-refractivity contribution < 1.29 is 18.7 Å². The zero-order valence-corrected chi connectivity index (χ0v) is 16.5. The van der Waals surface area contributed by atoms with E-state index in [1.165, 1.54) is 24.3 Å². The van der Waals surface area contributed by atoms with Crippen molar-refractivity contribution in [2.75, 3.05) is 4.90 Å². The maximum atomic E-state index is 13.0. The fourth-order valence-corrected chi connectivity index (χ4v) is 3.49. The van der Waals surface area contributed by atoms with Crippen LogP contribution in [0.2, 0.25) is 0 Å². The normalized spacial score (nSPS) is 19.3. The monoisotopic (exact) mass is 397 g/mol. The fraction of sp³-hybridized carbons (Fsp3) is 0.409. The number of hydrogen-bond donors (Lipinski definition) is 1. The number of pyridine rings is 1. The number of carbonyl (C=O) groups excluding carboxylic acids is 2. The molecule has 0 bridgehead atoms. The zero-order chi connectivity index (χ0) is 20.5. The average molecular weight is 397 g/mol. The maximum absolute atomic E-state index is 13.0. The van der Waals surface area contributed by atoms with Gasteiger partial charge in [-0.25, -0.2) is 9.18 Å². The summed E-state index contributed by atoms with van der Waals surface area (Å²) >= 11 is 0. The third kappa shape index (κ3) is 4.23. The minimum Gasteiger partial charge on any atom is -0.446 e. The van der Waals surface area contributed by atoms with Gasteiger partial charge in [0.15, 0.2) is 0 Å². The molecule has 1 aliphatic carbocycles. The molecule has 2 aromatic rings. The van der Waals surface area contributed by atoms with Crippen molar-refractivity contribution in [3.8, 4) is 0 Å². The first-order valence-corrected chi connectivity index (χ1v) is 9.98. The second-order valence-corrected chi connectivity index (χ2v) is 7.74. The highest BCUT2D eigenvalue weighted by molar-refractivity contribution is 5.94. The third-order valence-electron chi connectivity index (χ3n) is 5.36. The van der Waals surface area contributed by atoms with Crippen molar-refractivity contribution in [1.82, 2.24) is 10.3 Å². The van der Waals surface area contributed by atoms with E-state index in [0.29, 0.717) is 11.3 Å². The molecule has 1 N–H and O–H groups in total. The van der Waals surface area contributed by atoms with Crippen LogP contribution < -0.4 is 10.2 Å². The molecule has 6 nitrogen and oxygen atoms in total. The van der Waals surface area contributed by atoms with Gasteiger partial charge in [-0.05, 0) is 75.9 Å². The van der Waals surface area contributed by atoms with Gasteiger partial charge in [0.05, 0.1) is 23.1 Å². The predicted octanol–water partition coefficient (Wildman–Crippen LogP) is 4.15. The molecule has 0 spiro atoms. The molecule has 1 saturated carbocycles. The van der Waals surface area contributed by atoms with Crippen molar-refractivity contribution in [1.29, 1.82) is 0 Å². The minimum absolute atomic E-state index is 0.0500. The topological polar surface area (TPSA) is 71.5 Å². The molecule has 1 aromatic heterocycles. The van der Waals surface area contributed by atoms with Gasteiger partial charge < -0.3 is 10.1 Å². The van der Waals surface area contributed by atoms with E-state index in [4.69, 9.17) is 9.72 Å². The molecule has 0 saturated heterocycles. The Balaban J connectivity index is 1.50. The number of carbonyl (C=O) groups is 2. The fourth-order valence-electron chi connectivity index (χ4n) is 3.49. The van der Waals surface area contributed by atoms with Gasteiger partial charge in [-0.3, -0.25) is 14.7 Å². The summed E-state index contributed by atoms with van der Waals surface area (Å²) in [5.41, 5.74) is 2.70. The molecule has 1 fully saturated rings. The SMILES string of the molecule is CC(NC(=O)c1ccc(F)cc1)c1ccc2c(n1)CCC(C)N2C(=O)OC1CC1. The molecule has 2 unspecified atom stereocenters. The standard InChI is InChI=1S/C22H24FN3O3/c1-13-3-10-19-20(26(13)22(28)29-17-8-9-17)12-11-18(25-19)14(2)24-21(27)15-4-6-16(23)7-5-15/h4-7,11-14,17H,3,8-10H2,1-2H3,(H,24,27). The molecule has 4 rings (SSSR count). The zero-order valence-electron chi connectivity index (χ0n) is 16.5. The Bertz CT molecular complexity index is 927. The van der Waals surface area contributed by atoms with E-state index in [0.717, 1.165) is 37.1 Å². The van der Waals surface area contributed by atoms with E-state index in [1.807, 2.05) is 26.0 Å². The van der Waals surface area contributed by atoms with Crippen molar-refractivity contribution in [2.45, 2.75) is 57.7 Å². The molecule has 2 aliphatic rings. The molecule has 2 heterocycles. The highest BCUT2D eigenvalue weighted by atomic mass is 19.1. The van der Waals surface area contributed by atoms with Gasteiger partial charge in [0.25, 0.3) is 5.91 Å². The van der Waals surface area contributed by atoms with Crippen LogP contribution in [0.4, 0.5) is 14.9 Å². The Morgan fingerprint density at radius 1 is 1.17 bits per heavy atom. The lowest BCUT2D eigenvalue weighted by Gasteiger charge is -2.34. The Labute approximate surface area is 169 Å².